The molecular formula is C32H43NO7. The van der Waals surface area contributed by atoms with Crippen LogP contribution in [0.5, 0.6) is 11.5 Å². The number of amides is 1. The molecule has 0 radical (unpaired) electrons. The highest BCUT2D eigenvalue weighted by molar-refractivity contribution is 6.31. The van der Waals surface area contributed by atoms with Crippen molar-refractivity contribution < 1.29 is 33.4 Å². The lowest BCUT2D eigenvalue weighted by Crippen LogP contribution is -2.41. The van der Waals surface area contributed by atoms with Gasteiger partial charge in [0.2, 0.25) is 5.91 Å². The summed E-state index contributed by atoms with van der Waals surface area (Å²) in [6.45, 7) is 19.9. The van der Waals surface area contributed by atoms with Crippen molar-refractivity contribution in [3.8, 4) is 11.5 Å². The molecule has 2 rings (SSSR count). The molecule has 0 aliphatic carbocycles. The summed E-state index contributed by atoms with van der Waals surface area (Å²) in [6.07, 6.45) is 0.179. The first-order valence-electron chi connectivity index (χ1n) is 13.3. The fraction of sp³-hybridized carbons (Fsp3) is 0.500. The third-order valence-electron chi connectivity index (χ3n) is 6.37. The van der Waals surface area contributed by atoms with Gasteiger partial charge in [0.25, 0.3) is 0 Å². The van der Waals surface area contributed by atoms with E-state index in [1.165, 1.54) is 26.2 Å². The molecule has 218 valence electrons. The predicted molar refractivity (Wildman–Crippen MR) is 154 cm³/mol. The molecule has 0 aromatic heterocycles. The predicted octanol–water partition coefficient (Wildman–Crippen LogP) is 5.31. The number of esters is 3. The lowest BCUT2D eigenvalue weighted by Gasteiger charge is -2.32. The van der Waals surface area contributed by atoms with Crippen molar-refractivity contribution in [3.63, 3.8) is 0 Å². The zero-order valence-corrected chi connectivity index (χ0v) is 25.6. The summed E-state index contributed by atoms with van der Waals surface area (Å²) >= 11 is 0. The molecule has 2 aromatic rings. The standard InChI is InChI=1S/C32H43NO7/c1-19(34)33-25(27(35)38-11)16-20-12-14-22(15-13-20)39-28(36)29(37)40-26-23(31(5,6)7)17-21(30(2,3)4)18-24(26)32(8,9)10/h12-15,17-18,25H,16H2,1-11H3,(H,33,34). The first-order valence-corrected chi connectivity index (χ1v) is 13.3. The lowest BCUT2D eigenvalue weighted by molar-refractivity contribution is -0.156. The van der Waals surface area contributed by atoms with Gasteiger partial charge in [-0.25, -0.2) is 14.4 Å². The van der Waals surface area contributed by atoms with Gasteiger partial charge in [-0.15, -0.1) is 0 Å². The van der Waals surface area contributed by atoms with Crippen molar-refractivity contribution >= 4 is 23.8 Å². The van der Waals surface area contributed by atoms with Crippen molar-refractivity contribution in [3.05, 3.63) is 58.7 Å². The van der Waals surface area contributed by atoms with E-state index in [1.54, 1.807) is 12.1 Å². The van der Waals surface area contributed by atoms with E-state index in [4.69, 9.17) is 14.2 Å². The summed E-state index contributed by atoms with van der Waals surface area (Å²) in [6, 6.07) is 9.50. The number of methoxy groups -OCH3 is 1. The second kappa shape index (κ2) is 12.2. The number of hydrogen-bond acceptors (Lipinski definition) is 7. The Morgan fingerprint density at radius 2 is 1.23 bits per heavy atom. The maximum atomic E-state index is 13.0. The molecule has 0 heterocycles. The van der Waals surface area contributed by atoms with Gasteiger partial charge >= 0.3 is 17.9 Å². The topological polar surface area (TPSA) is 108 Å². The second-order valence-corrected chi connectivity index (χ2v) is 13.1. The van der Waals surface area contributed by atoms with E-state index < -0.39 is 23.9 Å². The fourth-order valence-electron chi connectivity index (χ4n) is 4.08. The summed E-state index contributed by atoms with van der Waals surface area (Å²) in [5, 5.41) is 2.55. The van der Waals surface area contributed by atoms with Crippen molar-refractivity contribution in [2.75, 3.05) is 7.11 Å². The number of carbonyl (C=O) groups is 4. The van der Waals surface area contributed by atoms with Crippen LogP contribution in [0.15, 0.2) is 36.4 Å². The number of carbonyl (C=O) groups excluding carboxylic acids is 4. The first kappa shape index (κ1) is 32.5. The van der Waals surface area contributed by atoms with Gasteiger partial charge in [-0.1, -0.05) is 86.6 Å². The Bertz CT molecular complexity index is 1220. The second-order valence-electron chi connectivity index (χ2n) is 13.1. The molecule has 1 amide bonds. The van der Waals surface area contributed by atoms with E-state index in [1.807, 2.05) is 53.7 Å². The minimum atomic E-state index is -1.15. The van der Waals surface area contributed by atoms with E-state index in [0.717, 1.165) is 16.7 Å². The largest absolute Gasteiger partial charge is 0.467 e. The van der Waals surface area contributed by atoms with Gasteiger partial charge in [0.05, 0.1) is 7.11 Å². The number of rotatable bonds is 6. The van der Waals surface area contributed by atoms with Crippen LogP contribution in [-0.4, -0.2) is 37.0 Å². The molecule has 2 aromatic carbocycles. The molecular weight excluding hydrogens is 510 g/mol. The monoisotopic (exact) mass is 553 g/mol. The molecule has 1 unspecified atom stereocenters. The van der Waals surface area contributed by atoms with Crippen LogP contribution in [0, 0.1) is 0 Å². The van der Waals surface area contributed by atoms with Gasteiger partial charge in [-0.05, 0) is 39.5 Å². The molecule has 8 nitrogen and oxygen atoms in total. The first-order chi connectivity index (χ1) is 18.2. The lowest BCUT2D eigenvalue weighted by atomic mass is 9.74. The zero-order chi connectivity index (χ0) is 30.6. The van der Waals surface area contributed by atoms with E-state index in [0.29, 0.717) is 11.3 Å². The molecule has 0 aliphatic rings. The highest BCUT2D eigenvalue weighted by atomic mass is 16.6. The molecule has 1 atom stereocenters. The Balaban J connectivity index is 2.31. The summed E-state index contributed by atoms with van der Waals surface area (Å²) in [7, 11) is 1.24. The Morgan fingerprint density at radius 3 is 1.62 bits per heavy atom. The molecule has 1 N–H and O–H groups in total. The van der Waals surface area contributed by atoms with Crippen LogP contribution in [0.25, 0.3) is 0 Å². The number of ether oxygens (including phenoxy) is 3. The normalized spacial score (nSPS) is 12.8. The summed E-state index contributed by atoms with van der Waals surface area (Å²) in [5.74, 6) is -2.71. The minimum absolute atomic E-state index is 0.132. The minimum Gasteiger partial charge on any atom is -0.467 e. The van der Waals surface area contributed by atoms with Gasteiger partial charge < -0.3 is 19.5 Å². The van der Waals surface area contributed by atoms with Gasteiger partial charge in [0, 0.05) is 24.5 Å². The number of benzene rings is 2. The average molecular weight is 554 g/mol. The maximum Gasteiger partial charge on any atom is 0.423 e. The molecule has 0 saturated heterocycles. The SMILES string of the molecule is COC(=O)C(Cc1ccc(OC(=O)C(=O)Oc2c(C(C)(C)C)cc(C(C)(C)C)cc2C(C)(C)C)cc1)NC(C)=O. The highest BCUT2D eigenvalue weighted by Gasteiger charge is 2.33. The average Bonchev–Trinajstić information content (AvgIpc) is 2.81. The Hall–Kier alpha value is -3.68. The number of hydrogen-bond donors (Lipinski definition) is 1. The highest BCUT2D eigenvalue weighted by Crippen LogP contribution is 2.43. The van der Waals surface area contributed by atoms with Crippen LogP contribution < -0.4 is 14.8 Å². The van der Waals surface area contributed by atoms with E-state index in [9.17, 15) is 19.2 Å². The third kappa shape index (κ3) is 8.66. The Morgan fingerprint density at radius 1 is 0.750 bits per heavy atom. The van der Waals surface area contributed by atoms with Crippen LogP contribution in [0.2, 0.25) is 0 Å². The molecule has 0 saturated carbocycles. The van der Waals surface area contributed by atoms with Crippen LogP contribution in [0.3, 0.4) is 0 Å². The van der Waals surface area contributed by atoms with E-state index in [-0.39, 0.29) is 34.3 Å². The zero-order valence-electron chi connectivity index (χ0n) is 25.6. The van der Waals surface area contributed by atoms with Crippen LogP contribution in [0.4, 0.5) is 0 Å². The molecule has 0 aliphatic heterocycles. The fourth-order valence-corrected chi connectivity index (χ4v) is 4.08. The van der Waals surface area contributed by atoms with Crippen molar-refractivity contribution in [1.82, 2.24) is 5.32 Å². The Labute approximate surface area is 237 Å². The molecule has 40 heavy (non-hydrogen) atoms. The molecule has 0 spiro atoms. The summed E-state index contributed by atoms with van der Waals surface area (Å²) in [5.41, 5.74) is 2.59. The number of nitrogens with one attached hydrogen (secondary N) is 1. The smallest absolute Gasteiger partial charge is 0.423 e. The molecule has 0 fully saturated rings. The summed E-state index contributed by atoms with van der Waals surface area (Å²) < 4.78 is 15.8. The van der Waals surface area contributed by atoms with Gasteiger partial charge in [-0.3, -0.25) is 4.79 Å². The quantitative estimate of drug-likeness (QED) is 0.293. The van der Waals surface area contributed by atoms with Crippen molar-refractivity contribution in [2.45, 2.75) is 97.9 Å². The van der Waals surface area contributed by atoms with Crippen LogP contribution in [0.1, 0.15) is 91.5 Å². The van der Waals surface area contributed by atoms with Gasteiger partial charge in [0.1, 0.15) is 17.5 Å². The van der Waals surface area contributed by atoms with Gasteiger partial charge in [-0.2, -0.15) is 0 Å². The third-order valence-corrected chi connectivity index (χ3v) is 6.37. The van der Waals surface area contributed by atoms with Gasteiger partial charge in [0.15, 0.2) is 0 Å². The van der Waals surface area contributed by atoms with E-state index in [2.05, 4.69) is 26.1 Å². The maximum absolute atomic E-state index is 13.0. The molecule has 0 bridgehead atoms. The molecule has 8 heteroatoms. The van der Waals surface area contributed by atoms with E-state index >= 15 is 0 Å². The summed E-state index contributed by atoms with van der Waals surface area (Å²) in [4.78, 5) is 49.2. The van der Waals surface area contributed by atoms with Crippen molar-refractivity contribution in [2.24, 2.45) is 0 Å². The Kier molecular flexibility index (Phi) is 9.95. The van der Waals surface area contributed by atoms with Crippen LogP contribution >= 0.6 is 0 Å². The van der Waals surface area contributed by atoms with Crippen molar-refractivity contribution in [1.29, 1.82) is 0 Å². The van der Waals surface area contributed by atoms with Crippen LogP contribution in [-0.2, 0) is 46.6 Å².